The quantitative estimate of drug-likeness (QED) is 0.840. The normalized spacial score (nSPS) is 20.2. The molecule has 2 aromatic rings. The second-order valence-electron chi connectivity index (χ2n) is 6.73. The largest absolute Gasteiger partial charge is 0.338 e. The summed E-state index contributed by atoms with van der Waals surface area (Å²) in [7, 11) is 0. The lowest BCUT2D eigenvalue weighted by molar-refractivity contribution is 0.0702. The van der Waals surface area contributed by atoms with E-state index in [9.17, 15) is 4.79 Å². The predicted octanol–water partition coefficient (Wildman–Crippen LogP) is 3.21. The third-order valence-electron chi connectivity index (χ3n) is 5.21. The molecule has 2 aliphatic heterocycles. The molecule has 1 aromatic carbocycles. The van der Waals surface area contributed by atoms with Crippen molar-refractivity contribution in [1.82, 2.24) is 19.7 Å². The number of aromatic nitrogens is 3. The average molecular weight is 345 g/mol. The van der Waals surface area contributed by atoms with E-state index in [1.807, 2.05) is 30.0 Å². The van der Waals surface area contributed by atoms with Gasteiger partial charge in [-0.3, -0.25) is 4.79 Å². The number of halogens is 1. The van der Waals surface area contributed by atoms with Gasteiger partial charge >= 0.3 is 0 Å². The van der Waals surface area contributed by atoms with Crippen molar-refractivity contribution in [2.24, 2.45) is 0 Å². The highest BCUT2D eigenvalue weighted by Crippen LogP contribution is 2.30. The Morgan fingerprint density at radius 3 is 3.00 bits per heavy atom. The van der Waals surface area contributed by atoms with Crippen molar-refractivity contribution in [2.75, 3.05) is 13.1 Å². The lowest BCUT2D eigenvalue weighted by Gasteiger charge is -2.32. The molecule has 1 amide bonds. The van der Waals surface area contributed by atoms with Crippen LogP contribution in [-0.4, -0.2) is 38.7 Å². The monoisotopic (exact) mass is 344 g/mol. The summed E-state index contributed by atoms with van der Waals surface area (Å²) in [5.74, 6) is 2.50. The van der Waals surface area contributed by atoms with Gasteiger partial charge < -0.3 is 9.47 Å². The molecule has 6 heteroatoms. The number of rotatable bonds is 2. The number of fused-ring (bicyclic) bond motifs is 1. The number of likely N-dealkylation sites (tertiary alicyclic amines) is 1. The summed E-state index contributed by atoms with van der Waals surface area (Å²) in [6.45, 7) is 4.42. The number of carbonyl (C=O) groups excluding carboxylic acids is 1. The van der Waals surface area contributed by atoms with Crippen molar-refractivity contribution in [3.63, 3.8) is 0 Å². The summed E-state index contributed by atoms with van der Waals surface area (Å²) in [5.41, 5.74) is 1.56. The fourth-order valence-corrected chi connectivity index (χ4v) is 4.03. The van der Waals surface area contributed by atoms with E-state index in [0.717, 1.165) is 56.0 Å². The Hall–Kier alpha value is -1.88. The van der Waals surface area contributed by atoms with E-state index in [1.54, 1.807) is 0 Å². The van der Waals surface area contributed by atoms with Gasteiger partial charge in [-0.05, 0) is 43.9 Å². The lowest BCUT2D eigenvalue weighted by Crippen LogP contribution is -2.40. The van der Waals surface area contributed by atoms with E-state index < -0.39 is 0 Å². The molecule has 0 bridgehead atoms. The Balaban J connectivity index is 1.56. The van der Waals surface area contributed by atoms with Crippen molar-refractivity contribution in [3.8, 4) is 0 Å². The minimum atomic E-state index is 0.0702. The highest BCUT2D eigenvalue weighted by Gasteiger charge is 2.31. The fraction of sp³-hybridized carbons (Fsp3) is 0.500. The fourth-order valence-electron chi connectivity index (χ4n) is 3.86. The third-order valence-corrected chi connectivity index (χ3v) is 5.62. The van der Waals surface area contributed by atoms with Crippen LogP contribution in [-0.2, 0) is 13.0 Å². The van der Waals surface area contributed by atoms with Crippen molar-refractivity contribution < 1.29 is 4.79 Å². The molecule has 1 fully saturated rings. The van der Waals surface area contributed by atoms with Gasteiger partial charge in [-0.25, -0.2) is 0 Å². The highest BCUT2D eigenvalue weighted by molar-refractivity contribution is 6.31. The van der Waals surface area contributed by atoms with Gasteiger partial charge in [-0.2, -0.15) is 0 Å². The molecule has 5 nitrogen and oxygen atoms in total. The Morgan fingerprint density at radius 2 is 2.12 bits per heavy atom. The van der Waals surface area contributed by atoms with Gasteiger partial charge in [0.25, 0.3) is 5.91 Å². The van der Waals surface area contributed by atoms with Crippen LogP contribution in [0.3, 0.4) is 0 Å². The first-order chi connectivity index (χ1) is 11.6. The molecule has 1 saturated heterocycles. The van der Waals surface area contributed by atoms with Gasteiger partial charge in [0.05, 0.1) is 0 Å². The van der Waals surface area contributed by atoms with E-state index in [4.69, 9.17) is 11.6 Å². The molecule has 0 N–H and O–H groups in total. The van der Waals surface area contributed by atoms with Crippen LogP contribution in [0, 0.1) is 6.92 Å². The molecule has 0 spiro atoms. The number of nitrogens with zero attached hydrogens (tertiary/aromatic N) is 4. The van der Waals surface area contributed by atoms with Gasteiger partial charge in [0, 0.05) is 42.6 Å². The maximum absolute atomic E-state index is 12.9. The van der Waals surface area contributed by atoms with E-state index in [1.165, 1.54) is 0 Å². The number of hydrogen-bond donors (Lipinski definition) is 0. The van der Waals surface area contributed by atoms with Gasteiger partial charge in [-0.1, -0.05) is 17.7 Å². The zero-order chi connectivity index (χ0) is 16.7. The van der Waals surface area contributed by atoms with Crippen LogP contribution in [0.25, 0.3) is 0 Å². The first-order valence-electron chi connectivity index (χ1n) is 8.61. The molecule has 1 atom stereocenters. The molecule has 126 valence electrons. The number of amides is 1. The SMILES string of the molecule is Cc1c(Cl)cccc1C(=O)N1CCC[C@@H](c2nnc3n2CCC3)C1. The summed E-state index contributed by atoms with van der Waals surface area (Å²) in [5, 5.41) is 9.37. The van der Waals surface area contributed by atoms with Crippen LogP contribution < -0.4 is 0 Å². The molecule has 0 unspecified atom stereocenters. The van der Waals surface area contributed by atoms with E-state index >= 15 is 0 Å². The maximum atomic E-state index is 12.9. The first kappa shape index (κ1) is 15.6. The zero-order valence-corrected chi connectivity index (χ0v) is 14.6. The van der Waals surface area contributed by atoms with Crippen LogP contribution >= 0.6 is 11.6 Å². The van der Waals surface area contributed by atoms with Gasteiger partial charge in [-0.15, -0.1) is 10.2 Å². The molecular formula is C18H21ClN4O. The molecule has 2 aliphatic rings. The molecule has 0 radical (unpaired) electrons. The second kappa shape index (κ2) is 6.20. The number of benzene rings is 1. The Bertz CT molecular complexity index is 785. The summed E-state index contributed by atoms with van der Waals surface area (Å²) in [6.07, 6.45) is 4.23. The van der Waals surface area contributed by atoms with Crippen molar-refractivity contribution >= 4 is 17.5 Å². The smallest absolute Gasteiger partial charge is 0.254 e. The molecule has 3 heterocycles. The molecule has 0 saturated carbocycles. The standard InChI is InChI=1S/C18H21ClN4O/c1-12-14(6-2-7-15(12)19)18(24)22-9-3-5-13(11-22)17-21-20-16-8-4-10-23(16)17/h2,6-7,13H,3-5,8-11H2,1H3/t13-/m1/s1. The average Bonchev–Trinajstić information content (AvgIpc) is 3.20. The zero-order valence-electron chi connectivity index (χ0n) is 13.8. The molecule has 1 aromatic heterocycles. The summed E-state index contributed by atoms with van der Waals surface area (Å²) in [6, 6.07) is 5.53. The minimum absolute atomic E-state index is 0.0702. The predicted molar refractivity (Wildman–Crippen MR) is 92.4 cm³/mol. The second-order valence-corrected chi connectivity index (χ2v) is 7.14. The maximum Gasteiger partial charge on any atom is 0.254 e. The lowest BCUT2D eigenvalue weighted by atomic mass is 9.96. The van der Waals surface area contributed by atoms with Crippen LogP contribution in [0.1, 0.15) is 52.8 Å². The number of carbonyl (C=O) groups is 1. The van der Waals surface area contributed by atoms with Crippen molar-refractivity contribution in [2.45, 2.75) is 45.1 Å². The van der Waals surface area contributed by atoms with Crippen LogP contribution in [0.4, 0.5) is 0 Å². The molecule has 4 rings (SSSR count). The Kier molecular flexibility index (Phi) is 4.04. The number of piperidine rings is 1. The first-order valence-corrected chi connectivity index (χ1v) is 8.99. The minimum Gasteiger partial charge on any atom is -0.338 e. The van der Waals surface area contributed by atoms with Gasteiger partial charge in [0.15, 0.2) is 0 Å². The summed E-state index contributed by atoms with van der Waals surface area (Å²) in [4.78, 5) is 14.9. The van der Waals surface area contributed by atoms with Crippen molar-refractivity contribution in [1.29, 1.82) is 0 Å². The van der Waals surface area contributed by atoms with Gasteiger partial charge in [0.1, 0.15) is 11.6 Å². The van der Waals surface area contributed by atoms with E-state index in [0.29, 0.717) is 17.1 Å². The third kappa shape index (κ3) is 2.61. The van der Waals surface area contributed by atoms with E-state index in [2.05, 4.69) is 14.8 Å². The van der Waals surface area contributed by atoms with Crippen LogP contribution in [0.5, 0.6) is 0 Å². The molecular weight excluding hydrogens is 324 g/mol. The summed E-state index contributed by atoms with van der Waals surface area (Å²) >= 11 is 6.18. The summed E-state index contributed by atoms with van der Waals surface area (Å²) < 4.78 is 2.25. The van der Waals surface area contributed by atoms with Gasteiger partial charge in [0.2, 0.25) is 0 Å². The van der Waals surface area contributed by atoms with Crippen molar-refractivity contribution in [3.05, 3.63) is 46.0 Å². The molecule has 24 heavy (non-hydrogen) atoms. The highest BCUT2D eigenvalue weighted by atomic mass is 35.5. The molecule has 0 aliphatic carbocycles. The van der Waals surface area contributed by atoms with E-state index in [-0.39, 0.29) is 11.8 Å². The van der Waals surface area contributed by atoms with Crippen LogP contribution in [0.15, 0.2) is 18.2 Å². The number of hydrogen-bond acceptors (Lipinski definition) is 3. The van der Waals surface area contributed by atoms with Crippen LogP contribution in [0.2, 0.25) is 5.02 Å². The Labute approximate surface area is 146 Å². The Morgan fingerprint density at radius 1 is 1.25 bits per heavy atom. The number of aryl methyl sites for hydroxylation is 1. The topological polar surface area (TPSA) is 51.0 Å².